The summed E-state index contributed by atoms with van der Waals surface area (Å²) in [4.78, 5) is 0. The summed E-state index contributed by atoms with van der Waals surface area (Å²) >= 11 is 0. The van der Waals surface area contributed by atoms with Crippen LogP contribution in [0.3, 0.4) is 0 Å². The average Bonchev–Trinajstić information content (AvgIpc) is 2.32. The SMILES string of the molecule is C=C.CC1CCCCC1.CCC(C)C(C)C. The van der Waals surface area contributed by atoms with E-state index in [0.29, 0.717) is 0 Å². The first-order chi connectivity index (χ1) is 7.57. The molecule has 1 rings (SSSR count). The van der Waals surface area contributed by atoms with Gasteiger partial charge in [0.1, 0.15) is 0 Å². The normalized spacial score (nSPS) is 17.9. The highest BCUT2D eigenvalue weighted by atomic mass is 14.1. The molecule has 0 aromatic heterocycles. The predicted molar refractivity (Wildman–Crippen MR) is 77.8 cm³/mol. The van der Waals surface area contributed by atoms with Crippen molar-refractivity contribution >= 4 is 0 Å². The van der Waals surface area contributed by atoms with Crippen molar-refractivity contribution in [2.75, 3.05) is 0 Å². The smallest absolute Gasteiger partial charge is 0.0422 e. The van der Waals surface area contributed by atoms with Crippen LogP contribution in [0.15, 0.2) is 13.2 Å². The van der Waals surface area contributed by atoms with Gasteiger partial charge in [0.05, 0.1) is 0 Å². The van der Waals surface area contributed by atoms with Crippen LogP contribution in [-0.4, -0.2) is 0 Å². The van der Waals surface area contributed by atoms with E-state index in [2.05, 4.69) is 47.8 Å². The molecule has 0 radical (unpaired) electrons. The lowest BCUT2D eigenvalue weighted by atomic mass is 9.91. The van der Waals surface area contributed by atoms with Crippen LogP contribution in [0.1, 0.15) is 73.1 Å². The Kier molecular flexibility index (Phi) is 14.5. The largest absolute Gasteiger partial charge is 0.106 e. The van der Waals surface area contributed by atoms with Gasteiger partial charge in [0.15, 0.2) is 0 Å². The van der Waals surface area contributed by atoms with Gasteiger partial charge in [-0.3, -0.25) is 0 Å². The summed E-state index contributed by atoms with van der Waals surface area (Å²) in [5.74, 6) is 2.80. The molecule has 0 saturated heterocycles. The Morgan fingerprint density at radius 3 is 1.56 bits per heavy atom. The van der Waals surface area contributed by atoms with E-state index in [4.69, 9.17) is 0 Å². The zero-order valence-corrected chi connectivity index (χ0v) is 12.4. The molecule has 0 spiro atoms. The van der Waals surface area contributed by atoms with Gasteiger partial charge in [0, 0.05) is 0 Å². The molecule has 1 aliphatic carbocycles. The summed E-state index contributed by atoms with van der Waals surface area (Å²) in [5.41, 5.74) is 0. The van der Waals surface area contributed by atoms with Gasteiger partial charge in [-0.15, -0.1) is 13.2 Å². The van der Waals surface area contributed by atoms with E-state index in [0.717, 1.165) is 17.8 Å². The summed E-state index contributed by atoms with van der Waals surface area (Å²) in [5, 5.41) is 0. The van der Waals surface area contributed by atoms with Crippen molar-refractivity contribution in [2.45, 2.75) is 73.1 Å². The van der Waals surface area contributed by atoms with Crippen molar-refractivity contribution in [2.24, 2.45) is 17.8 Å². The van der Waals surface area contributed by atoms with Crippen molar-refractivity contribution in [3.8, 4) is 0 Å². The first-order valence-electron chi connectivity index (χ1n) is 7.07. The van der Waals surface area contributed by atoms with Crippen molar-refractivity contribution in [1.29, 1.82) is 0 Å². The molecule has 98 valence electrons. The maximum absolute atomic E-state index is 3.00. The summed E-state index contributed by atoms with van der Waals surface area (Å²) < 4.78 is 0. The van der Waals surface area contributed by atoms with Crippen molar-refractivity contribution < 1.29 is 0 Å². The van der Waals surface area contributed by atoms with E-state index in [-0.39, 0.29) is 0 Å². The molecule has 0 aliphatic heterocycles. The van der Waals surface area contributed by atoms with Crippen LogP contribution < -0.4 is 0 Å². The molecule has 1 atom stereocenters. The van der Waals surface area contributed by atoms with Crippen LogP contribution in [-0.2, 0) is 0 Å². The molecule has 0 heteroatoms. The second-order valence-electron chi connectivity index (χ2n) is 5.37. The molecule has 0 bridgehead atoms. The fourth-order valence-corrected chi connectivity index (χ4v) is 1.78. The maximum Gasteiger partial charge on any atom is -0.0422 e. The second kappa shape index (κ2) is 12.8. The van der Waals surface area contributed by atoms with Gasteiger partial charge < -0.3 is 0 Å². The first-order valence-corrected chi connectivity index (χ1v) is 7.07. The number of hydrogen-bond donors (Lipinski definition) is 0. The molecule has 1 fully saturated rings. The molecule has 0 amide bonds. The van der Waals surface area contributed by atoms with E-state index >= 15 is 0 Å². The Morgan fingerprint density at radius 2 is 1.44 bits per heavy atom. The molecule has 0 nitrogen and oxygen atoms in total. The monoisotopic (exact) mass is 226 g/mol. The Hall–Kier alpha value is -0.260. The van der Waals surface area contributed by atoms with Crippen molar-refractivity contribution in [3.63, 3.8) is 0 Å². The molecule has 16 heavy (non-hydrogen) atoms. The van der Waals surface area contributed by atoms with E-state index in [1.54, 1.807) is 0 Å². The molecule has 0 aromatic rings. The van der Waals surface area contributed by atoms with Gasteiger partial charge in [-0.2, -0.15) is 0 Å². The molecule has 1 saturated carbocycles. The van der Waals surface area contributed by atoms with Crippen LogP contribution in [0, 0.1) is 17.8 Å². The minimum absolute atomic E-state index is 0.866. The second-order valence-corrected chi connectivity index (χ2v) is 5.37. The van der Waals surface area contributed by atoms with Gasteiger partial charge >= 0.3 is 0 Å². The zero-order valence-electron chi connectivity index (χ0n) is 12.4. The van der Waals surface area contributed by atoms with Gasteiger partial charge in [0.25, 0.3) is 0 Å². The highest BCUT2D eigenvalue weighted by molar-refractivity contribution is 4.59. The average molecular weight is 226 g/mol. The Morgan fingerprint density at radius 1 is 1.00 bits per heavy atom. The first kappa shape index (κ1) is 18.1. The van der Waals surface area contributed by atoms with Crippen molar-refractivity contribution in [3.05, 3.63) is 13.2 Å². The van der Waals surface area contributed by atoms with Gasteiger partial charge in [-0.25, -0.2) is 0 Å². The maximum atomic E-state index is 3.00. The van der Waals surface area contributed by atoms with Crippen LogP contribution >= 0.6 is 0 Å². The fraction of sp³-hybridized carbons (Fsp3) is 0.875. The number of rotatable bonds is 2. The zero-order chi connectivity index (χ0) is 13.0. The van der Waals surface area contributed by atoms with Gasteiger partial charge in [-0.1, -0.05) is 73.1 Å². The summed E-state index contributed by atoms with van der Waals surface area (Å²) in [6.07, 6.45) is 8.75. The molecular weight excluding hydrogens is 192 g/mol. The minimum Gasteiger partial charge on any atom is -0.106 e. The summed E-state index contributed by atoms with van der Waals surface area (Å²) in [6, 6.07) is 0. The highest BCUT2D eigenvalue weighted by Crippen LogP contribution is 2.22. The van der Waals surface area contributed by atoms with E-state index in [1.807, 2.05) is 0 Å². The summed E-state index contributed by atoms with van der Waals surface area (Å²) in [7, 11) is 0. The summed E-state index contributed by atoms with van der Waals surface area (Å²) in [6.45, 7) is 17.4. The molecule has 0 heterocycles. The van der Waals surface area contributed by atoms with E-state index < -0.39 is 0 Å². The van der Waals surface area contributed by atoms with Crippen LogP contribution in [0.25, 0.3) is 0 Å². The lowest BCUT2D eigenvalue weighted by molar-refractivity contribution is 0.385. The lowest BCUT2D eigenvalue weighted by Gasteiger charge is -2.15. The van der Waals surface area contributed by atoms with E-state index in [9.17, 15) is 0 Å². The minimum atomic E-state index is 0.866. The van der Waals surface area contributed by atoms with Crippen LogP contribution in [0.4, 0.5) is 0 Å². The quantitative estimate of drug-likeness (QED) is 0.501. The third kappa shape index (κ3) is 11.8. The lowest BCUT2D eigenvalue weighted by Crippen LogP contribution is -2.00. The molecule has 0 aromatic carbocycles. The third-order valence-electron chi connectivity index (χ3n) is 3.68. The Balaban J connectivity index is 0. The Bertz CT molecular complexity index is 120. The van der Waals surface area contributed by atoms with Crippen molar-refractivity contribution in [1.82, 2.24) is 0 Å². The third-order valence-corrected chi connectivity index (χ3v) is 3.68. The fourth-order valence-electron chi connectivity index (χ4n) is 1.78. The van der Waals surface area contributed by atoms with E-state index in [1.165, 1.54) is 38.5 Å². The van der Waals surface area contributed by atoms with Gasteiger partial charge in [-0.05, 0) is 17.8 Å². The van der Waals surface area contributed by atoms with Crippen LogP contribution in [0.5, 0.6) is 0 Å². The van der Waals surface area contributed by atoms with Gasteiger partial charge in [0.2, 0.25) is 0 Å². The topological polar surface area (TPSA) is 0 Å². The molecule has 0 N–H and O–H groups in total. The van der Waals surface area contributed by atoms with Crippen LogP contribution in [0.2, 0.25) is 0 Å². The Labute approximate surface area is 105 Å². The number of hydrogen-bond acceptors (Lipinski definition) is 0. The molecule has 1 aliphatic rings. The highest BCUT2D eigenvalue weighted by Gasteiger charge is 2.05. The molecule has 1 unspecified atom stereocenters. The standard InChI is InChI=1S/C7H14.C7H16.C2H4/c1-7-5-3-2-4-6-7;1-5-7(4)6(2)3;1-2/h7H,2-6H2,1H3;6-7H,5H2,1-4H3;1-2H2. The molecular formula is C16H34. The predicted octanol–water partition coefficient (Wildman–Crippen LogP) is 6.08.